The van der Waals surface area contributed by atoms with Crippen LogP contribution < -0.4 is 10.5 Å². The normalized spacial score (nSPS) is 17.6. The number of piperidine rings is 1. The number of rotatable bonds is 5. The van der Waals surface area contributed by atoms with E-state index in [9.17, 15) is 4.79 Å². The van der Waals surface area contributed by atoms with Crippen LogP contribution in [-0.4, -0.2) is 37.0 Å². The number of carbonyl (C=O) groups is 1. The van der Waals surface area contributed by atoms with Crippen molar-refractivity contribution in [2.24, 2.45) is 11.7 Å². The summed E-state index contributed by atoms with van der Waals surface area (Å²) < 4.78 is 5.41. The van der Waals surface area contributed by atoms with E-state index in [0.717, 1.165) is 38.1 Å². The number of hydrogen-bond donors (Lipinski definition) is 1. The van der Waals surface area contributed by atoms with Gasteiger partial charge in [0.1, 0.15) is 5.75 Å². The van der Waals surface area contributed by atoms with Gasteiger partial charge in [-0.15, -0.1) is 0 Å². The van der Waals surface area contributed by atoms with Crippen molar-refractivity contribution in [3.63, 3.8) is 0 Å². The molecule has 1 aliphatic heterocycles. The fourth-order valence-electron chi connectivity index (χ4n) is 2.97. The molecule has 0 aromatic heterocycles. The third kappa shape index (κ3) is 4.46. The molecular formula is C17H26N2O2. The Bertz CT molecular complexity index is 466. The van der Waals surface area contributed by atoms with Crippen molar-refractivity contribution in [2.45, 2.75) is 38.6 Å². The van der Waals surface area contributed by atoms with Gasteiger partial charge in [0.2, 0.25) is 5.91 Å². The van der Waals surface area contributed by atoms with E-state index >= 15 is 0 Å². The highest BCUT2D eigenvalue weighted by Crippen LogP contribution is 2.26. The largest absolute Gasteiger partial charge is 0.496 e. The zero-order chi connectivity index (χ0) is 15.2. The Morgan fingerprint density at radius 3 is 2.67 bits per heavy atom. The molecule has 0 radical (unpaired) electrons. The maximum Gasteiger partial charge on any atom is 0.224 e. The predicted molar refractivity (Wildman–Crippen MR) is 84.3 cm³/mol. The second-order valence-electron chi connectivity index (χ2n) is 6.02. The molecule has 1 fully saturated rings. The summed E-state index contributed by atoms with van der Waals surface area (Å²) in [5.41, 5.74) is 6.96. The van der Waals surface area contributed by atoms with Crippen molar-refractivity contribution in [2.75, 3.05) is 20.2 Å². The molecule has 1 saturated heterocycles. The molecular weight excluding hydrogens is 264 g/mol. The van der Waals surface area contributed by atoms with E-state index in [-0.39, 0.29) is 11.9 Å². The molecule has 2 N–H and O–H groups in total. The SMILES string of the molecule is COc1ccccc1CC1CCN(C(=O)CC(C)N)CC1. The average molecular weight is 290 g/mol. The first kappa shape index (κ1) is 15.8. The van der Waals surface area contributed by atoms with Crippen LogP contribution in [-0.2, 0) is 11.2 Å². The number of nitrogens with two attached hydrogens (primary N) is 1. The van der Waals surface area contributed by atoms with Gasteiger partial charge < -0.3 is 15.4 Å². The molecule has 1 aromatic carbocycles. The lowest BCUT2D eigenvalue weighted by atomic mass is 9.89. The maximum atomic E-state index is 12.0. The lowest BCUT2D eigenvalue weighted by Crippen LogP contribution is -2.40. The molecule has 1 heterocycles. The third-order valence-electron chi connectivity index (χ3n) is 4.16. The van der Waals surface area contributed by atoms with Crippen LogP contribution in [0.3, 0.4) is 0 Å². The first-order valence-corrected chi connectivity index (χ1v) is 7.75. The molecule has 116 valence electrons. The summed E-state index contributed by atoms with van der Waals surface area (Å²) in [6.45, 7) is 3.59. The van der Waals surface area contributed by atoms with Crippen molar-refractivity contribution < 1.29 is 9.53 Å². The van der Waals surface area contributed by atoms with Crippen molar-refractivity contribution >= 4 is 5.91 Å². The Hall–Kier alpha value is -1.55. The highest BCUT2D eigenvalue weighted by Gasteiger charge is 2.23. The van der Waals surface area contributed by atoms with Gasteiger partial charge in [-0.2, -0.15) is 0 Å². The molecule has 4 nitrogen and oxygen atoms in total. The molecule has 0 aliphatic carbocycles. The van der Waals surface area contributed by atoms with Crippen LogP contribution in [0.25, 0.3) is 0 Å². The number of hydrogen-bond acceptors (Lipinski definition) is 3. The number of amides is 1. The number of carbonyl (C=O) groups excluding carboxylic acids is 1. The standard InChI is InChI=1S/C17H26N2O2/c1-13(18)11-17(20)19-9-7-14(8-10-19)12-15-5-3-4-6-16(15)21-2/h3-6,13-14H,7-12,18H2,1-2H3. The van der Waals surface area contributed by atoms with Gasteiger partial charge in [-0.05, 0) is 43.7 Å². The number of benzene rings is 1. The summed E-state index contributed by atoms with van der Waals surface area (Å²) in [4.78, 5) is 14.0. The van der Waals surface area contributed by atoms with Gasteiger partial charge in [0.25, 0.3) is 0 Å². The topological polar surface area (TPSA) is 55.6 Å². The Labute approximate surface area is 127 Å². The van der Waals surface area contributed by atoms with Crippen LogP contribution in [0.2, 0.25) is 0 Å². The van der Waals surface area contributed by atoms with E-state index in [4.69, 9.17) is 10.5 Å². The lowest BCUT2D eigenvalue weighted by molar-refractivity contribution is -0.132. The molecule has 1 atom stereocenters. The fraction of sp³-hybridized carbons (Fsp3) is 0.588. The number of likely N-dealkylation sites (tertiary alicyclic amines) is 1. The quantitative estimate of drug-likeness (QED) is 0.904. The Balaban J connectivity index is 1.85. The summed E-state index contributed by atoms with van der Waals surface area (Å²) >= 11 is 0. The van der Waals surface area contributed by atoms with Crippen molar-refractivity contribution in [3.05, 3.63) is 29.8 Å². The van der Waals surface area contributed by atoms with Gasteiger partial charge in [-0.1, -0.05) is 18.2 Å². The Morgan fingerprint density at radius 2 is 2.05 bits per heavy atom. The second-order valence-corrected chi connectivity index (χ2v) is 6.02. The summed E-state index contributed by atoms with van der Waals surface area (Å²) in [7, 11) is 1.72. The lowest BCUT2D eigenvalue weighted by Gasteiger charge is -2.32. The van der Waals surface area contributed by atoms with Crippen molar-refractivity contribution in [1.82, 2.24) is 4.90 Å². The van der Waals surface area contributed by atoms with Crippen LogP contribution in [0.1, 0.15) is 31.7 Å². The number of para-hydroxylation sites is 1. The molecule has 4 heteroatoms. The molecule has 21 heavy (non-hydrogen) atoms. The number of methoxy groups -OCH3 is 1. The first-order chi connectivity index (χ1) is 10.1. The zero-order valence-corrected chi connectivity index (χ0v) is 13.0. The van der Waals surface area contributed by atoms with Gasteiger partial charge >= 0.3 is 0 Å². The Kier molecular flexibility index (Phi) is 5.62. The van der Waals surface area contributed by atoms with Gasteiger partial charge in [-0.25, -0.2) is 0 Å². The summed E-state index contributed by atoms with van der Waals surface area (Å²) in [5, 5.41) is 0. The molecule has 1 aliphatic rings. The molecule has 1 aromatic rings. The summed E-state index contributed by atoms with van der Waals surface area (Å²) in [6.07, 6.45) is 3.60. The minimum atomic E-state index is -0.0520. The average Bonchev–Trinajstić information content (AvgIpc) is 2.48. The van der Waals surface area contributed by atoms with Gasteiger partial charge in [-0.3, -0.25) is 4.79 Å². The minimum absolute atomic E-state index is 0.0520. The Morgan fingerprint density at radius 1 is 1.38 bits per heavy atom. The van der Waals surface area contributed by atoms with Crippen LogP contribution >= 0.6 is 0 Å². The molecule has 1 unspecified atom stereocenters. The van der Waals surface area contributed by atoms with Crippen molar-refractivity contribution in [1.29, 1.82) is 0 Å². The predicted octanol–water partition coefficient (Wildman–Crippen LogP) is 2.21. The van der Waals surface area contributed by atoms with Crippen LogP contribution in [0, 0.1) is 5.92 Å². The summed E-state index contributed by atoms with van der Waals surface area (Å²) in [6, 6.07) is 8.14. The van der Waals surface area contributed by atoms with Crippen molar-refractivity contribution in [3.8, 4) is 5.75 Å². The second kappa shape index (κ2) is 7.46. The highest BCUT2D eigenvalue weighted by atomic mass is 16.5. The smallest absolute Gasteiger partial charge is 0.224 e. The maximum absolute atomic E-state index is 12.0. The monoisotopic (exact) mass is 290 g/mol. The molecule has 0 saturated carbocycles. The van der Waals surface area contributed by atoms with Gasteiger partial charge in [0.05, 0.1) is 7.11 Å². The fourth-order valence-corrected chi connectivity index (χ4v) is 2.97. The number of ether oxygens (including phenoxy) is 1. The molecule has 1 amide bonds. The highest BCUT2D eigenvalue weighted by molar-refractivity contribution is 5.76. The zero-order valence-electron chi connectivity index (χ0n) is 13.0. The number of nitrogens with zero attached hydrogens (tertiary/aromatic N) is 1. The van der Waals surface area contributed by atoms with E-state index < -0.39 is 0 Å². The van der Waals surface area contributed by atoms with Crippen LogP contribution in [0.5, 0.6) is 5.75 Å². The van der Waals surface area contributed by atoms with Crippen LogP contribution in [0.4, 0.5) is 0 Å². The molecule has 0 bridgehead atoms. The van der Waals surface area contributed by atoms with E-state index in [1.807, 2.05) is 24.0 Å². The van der Waals surface area contributed by atoms with Gasteiger partial charge in [0, 0.05) is 25.6 Å². The van der Waals surface area contributed by atoms with E-state index in [2.05, 4.69) is 12.1 Å². The van der Waals surface area contributed by atoms with E-state index in [0.29, 0.717) is 12.3 Å². The van der Waals surface area contributed by atoms with Gasteiger partial charge in [0.15, 0.2) is 0 Å². The summed E-state index contributed by atoms with van der Waals surface area (Å²) in [5.74, 6) is 1.79. The first-order valence-electron chi connectivity index (χ1n) is 7.75. The third-order valence-corrected chi connectivity index (χ3v) is 4.16. The van der Waals surface area contributed by atoms with Crippen LogP contribution in [0.15, 0.2) is 24.3 Å². The van der Waals surface area contributed by atoms with E-state index in [1.54, 1.807) is 7.11 Å². The van der Waals surface area contributed by atoms with E-state index in [1.165, 1.54) is 5.56 Å². The molecule has 0 spiro atoms. The molecule has 2 rings (SSSR count). The minimum Gasteiger partial charge on any atom is -0.496 e.